The summed E-state index contributed by atoms with van der Waals surface area (Å²) in [6.45, 7) is 6.41. The molecule has 0 heterocycles. The lowest BCUT2D eigenvalue weighted by molar-refractivity contribution is -0.0700. The molecule has 7 atom stereocenters. The SMILES string of the molecule is CC[C@H]1C[C@H](O)[C@H]2[C@@H]1C[C@@]1(C)CC[C@@H](C(CO)CO)C1=CC[C@@]2(C)O. The second-order valence-electron chi connectivity index (χ2n) is 9.42. The summed E-state index contributed by atoms with van der Waals surface area (Å²) >= 11 is 0. The first-order valence-electron chi connectivity index (χ1n) is 10.1. The lowest BCUT2D eigenvalue weighted by Crippen LogP contribution is -2.45. The number of rotatable bonds is 4. The minimum atomic E-state index is -0.899. The Morgan fingerprint density at radius 2 is 1.92 bits per heavy atom. The van der Waals surface area contributed by atoms with Crippen molar-refractivity contribution in [2.24, 2.45) is 35.0 Å². The smallest absolute Gasteiger partial charge is 0.0709 e. The number of allylic oxidation sites excluding steroid dienone is 1. The molecule has 144 valence electrons. The Morgan fingerprint density at radius 3 is 2.52 bits per heavy atom. The molecule has 0 aromatic rings. The van der Waals surface area contributed by atoms with E-state index in [-0.39, 0.29) is 36.4 Å². The fourth-order valence-corrected chi connectivity index (χ4v) is 6.46. The van der Waals surface area contributed by atoms with Crippen molar-refractivity contribution >= 4 is 0 Å². The van der Waals surface area contributed by atoms with Crippen molar-refractivity contribution in [1.29, 1.82) is 0 Å². The van der Waals surface area contributed by atoms with Gasteiger partial charge in [0, 0.05) is 25.0 Å². The van der Waals surface area contributed by atoms with Gasteiger partial charge in [-0.15, -0.1) is 0 Å². The van der Waals surface area contributed by atoms with E-state index in [4.69, 9.17) is 0 Å². The molecule has 4 N–H and O–H groups in total. The molecule has 0 spiro atoms. The summed E-state index contributed by atoms with van der Waals surface area (Å²) in [4.78, 5) is 0. The zero-order chi connectivity index (χ0) is 18.4. The first kappa shape index (κ1) is 19.3. The lowest BCUT2D eigenvalue weighted by Gasteiger charge is -2.44. The highest BCUT2D eigenvalue weighted by molar-refractivity contribution is 5.26. The van der Waals surface area contributed by atoms with E-state index in [1.807, 2.05) is 6.92 Å². The van der Waals surface area contributed by atoms with Gasteiger partial charge in [-0.3, -0.25) is 0 Å². The van der Waals surface area contributed by atoms with Crippen molar-refractivity contribution in [2.75, 3.05) is 13.2 Å². The third-order valence-electron chi connectivity index (χ3n) is 7.83. The summed E-state index contributed by atoms with van der Waals surface area (Å²) in [6.07, 6.45) is 7.21. The summed E-state index contributed by atoms with van der Waals surface area (Å²) in [7, 11) is 0. The van der Waals surface area contributed by atoms with Crippen LogP contribution in [-0.2, 0) is 0 Å². The second kappa shape index (κ2) is 6.95. The van der Waals surface area contributed by atoms with Gasteiger partial charge in [0.1, 0.15) is 0 Å². The van der Waals surface area contributed by atoms with Crippen molar-refractivity contribution in [2.45, 2.75) is 71.0 Å². The second-order valence-corrected chi connectivity index (χ2v) is 9.42. The maximum Gasteiger partial charge on any atom is 0.0709 e. The number of aliphatic hydroxyl groups excluding tert-OH is 3. The fourth-order valence-electron chi connectivity index (χ4n) is 6.46. The molecule has 2 fully saturated rings. The van der Waals surface area contributed by atoms with Crippen LogP contribution in [0.15, 0.2) is 11.6 Å². The predicted molar refractivity (Wildman–Crippen MR) is 97.8 cm³/mol. The maximum absolute atomic E-state index is 11.2. The van der Waals surface area contributed by atoms with Gasteiger partial charge in [0.25, 0.3) is 0 Å². The zero-order valence-electron chi connectivity index (χ0n) is 16.0. The van der Waals surface area contributed by atoms with E-state index in [9.17, 15) is 20.4 Å². The number of fused-ring (bicyclic) bond motifs is 2. The number of hydrogen-bond donors (Lipinski definition) is 4. The Morgan fingerprint density at radius 1 is 1.24 bits per heavy atom. The third kappa shape index (κ3) is 3.20. The van der Waals surface area contributed by atoms with Crippen LogP contribution < -0.4 is 0 Å². The van der Waals surface area contributed by atoms with Crippen LogP contribution in [0, 0.1) is 35.0 Å². The largest absolute Gasteiger partial charge is 0.396 e. The van der Waals surface area contributed by atoms with Crippen LogP contribution in [0.25, 0.3) is 0 Å². The topological polar surface area (TPSA) is 80.9 Å². The molecule has 3 rings (SSSR count). The molecule has 0 aliphatic heterocycles. The van der Waals surface area contributed by atoms with Crippen molar-refractivity contribution in [3.63, 3.8) is 0 Å². The quantitative estimate of drug-likeness (QED) is 0.586. The molecule has 0 amide bonds. The fraction of sp³-hybridized carbons (Fsp3) is 0.905. The van der Waals surface area contributed by atoms with Crippen LogP contribution in [0.4, 0.5) is 0 Å². The molecule has 3 aliphatic rings. The summed E-state index contributed by atoms with van der Waals surface area (Å²) in [5.74, 6) is 0.845. The number of aliphatic hydroxyl groups is 4. The first-order chi connectivity index (χ1) is 11.8. The lowest BCUT2D eigenvalue weighted by atomic mass is 9.64. The average molecular weight is 353 g/mol. The van der Waals surface area contributed by atoms with Gasteiger partial charge in [-0.05, 0) is 62.2 Å². The summed E-state index contributed by atoms with van der Waals surface area (Å²) in [6, 6.07) is 0. The van der Waals surface area contributed by atoms with E-state index < -0.39 is 11.7 Å². The van der Waals surface area contributed by atoms with E-state index in [0.29, 0.717) is 18.3 Å². The van der Waals surface area contributed by atoms with Crippen LogP contribution in [0.3, 0.4) is 0 Å². The van der Waals surface area contributed by atoms with Crippen LogP contribution in [0.2, 0.25) is 0 Å². The van der Waals surface area contributed by atoms with Crippen LogP contribution in [-0.4, -0.2) is 45.3 Å². The van der Waals surface area contributed by atoms with Crippen LogP contribution in [0.1, 0.15) is 59.3 Å². The Balaban J connectivity index is 1.98. The van der Waals surface area contributed by atoms with Crippen LogP contribution >= 0.6 is 0 Å². The maximum atomic E-state index is 11.2. The highest BCUT2D eigenvalue weighted by Gasteiger charge is 2.55. The highest BCUT2D eigenvalue weighted by Crippen LogP contribution is 2.59. The molecule has 4 heteroatoms. The molecule has 0 aromatic heterocycles. The molecular formula is C21H36O4. The molecule has 0 radical (unpaired) electrons. The van der Waals surface area contributed by atoms with Gasteiger partial charge in [-0.25, -0.2) is 0 Å². The Hall–Kier alpha value is -0.420. The van der Waals surface area contributed by atoms with E-state index in [1.54, 1.807) is 0 Å². The molecular weight excluding hydrogens is 316 g/mol. The normalized spacial score (nSPS) is 47.2. The molecule has 3 aliphatic carbocycles. The first-order valence-corrected chi connectivity index (χ1v) is 10.1. The molecule has 4 nitrogen and oxygen atoms in total. The van der Waals surface area contributed by atoms with Crippen molar-refractivity contribution in [1.82, 2.24) is 0 Å². The zero-order valence-corrected chi connectivity index (χ0v) is 16.0. The van der Waals surface area contributed by atoms with Crippen LogP contribution in [0.5, 0.6) is 0 Å². The predicted octanol–water partition coefficient (Wildman–Crippen LogP) is 2.50. The van der Waals surface area contributed by atoms with Gasteiger partial charge < -0.3 is 20.4 Å². The summed E-state index contributed by atoms with van der Waals surface area (Å²) < 4.78 is 0. The van der Waals surface area contributed by atoms with Gasteiger partial charge in [0.2, 0.25) is 0 Å². The minimum Gasteiger partial charge on any atom is -0.396 e. The van der Waals surface area contributed by atoms with Gasteiger partial charge in [-0.1, -0.05) is 31.9 Å². The minimum absolute atomic E-state index is 0.00727. The summed E-state index contributed by atoms with van der Waals surface area (Å²) in [5.41, 5.74) is 0.489. The van der Waals surface area contributed by atoms with E-state index in [1.165, 1.54) is 5.57 Å². The Labute approximate surface area is 152 Å². The molecule has 2 saturated carbocycles. The van der Waals surface area contributed by atoms with Gasteiger partial charge in [0.05, 0.1) is 11.7 Å². The number of hydrogen-bond acceptors (Lipinski definition) is 4. The average Bonchev–Trinajstić information content (AvgIpc) is 3.03. The van der Waals surface area contributed by atoms with E-state index >= 15 is 0 Å². The third-order valence-corrected chi connectivity index (χ3v) is 7.83. The molecule has 0 bridgehead atoms. The molecule has 0 saturated heterocycles. The monoisotopic (exact) mass is 352 g/mol. The van der Waals surface area contributed by atoms with Gasteiger partial charge in [0.15, 0.2) is 0 Å². The molecule has 0 aromatic carbocycles. The molecule has 25 heavy (non-hydrogen) atoms. The van der Waals surface area contributed by atoms with Crippen molar-refractivity contribution < 1.29 is 20.4 Å². The Kier molecular flexibility index (Phi) is 5.38. The van der Waals surface area contributed by atoms with Crippen molar-refractivity contribution in [3.05, 3.63) is 11.6 Å². The Bertz CT molecular complexity index is 510. The van der Waals surface area contributed by atoms with E-state index in [2.05, 4.69) is 19.9 Å². The van der Waals surface area contributed by atoms with Gasteiger partial charge in [-0.2, -0.15) is 0 Å². The highest BCUT2D eigenvalue weighted by atomic mass is 16.3. The van der Waals surface area contributed by atoms with Gasteiger partial charge >= 0.3 is 0 Å². The van der Waals surface area contributed by atoms with E-state index in [0.717, 1.165) is 32.1 Å². The molecule has 0 unspecified atom stereocenters. The standard InChI is InChI=1S/C21H36O4/c1-4-13-9-18(24)19-16(13)10-20(2)7-5-15(14(11-22)12-23)17(20)6-8-21(19,3)25/h6,13-16,18-19,22-25H,4-5,7-12H2,1-3H3/t13-,15-,16+,18-,19+,20+,21+/m0/s1. The summed E-state index contributed by atoms with van der Waals surface area (Å²) in [5, 5.41) is 41.2. The van der Waals surface area contributed by atoms with Crippen molar-refractivity contribution in [3.8, 4) is 0 Å².